The molecule has 1 saturated heterocycles. The smallest absolute Gasteiger partial charge is 0.191 e. The van der Waals surface area contributed by atoms with Crippen LogP contribution in [0.25, 0.3) is 0 Å². The predicted molar refractivity (Wildman–Crippen MR) is 131 cm³/mol. The van der Waals surface area contributed by atoms with Gasteiger partial charge in [0.1, 0.15) is 0 Å². The second-order valence-corrected chi connectivity index (χ2v) is 7.91. The van der Waals surface area contributed by atoms with E-state index < -0.39 is 11.6 Å². The zero-order valence-electron chi connectivity index (χ0n) is 18.7. The lowest BCUT2D eigenvalue weighted by Crippen LogP contribution is -2.48. The first-order chi connectivity index (χ1) is 14.4. The highest BCUT2D eigenvalue weighted by Crippen LogP contribution is 2.16. The summed E-state index contributed by atoms with van der Waals surface area (Å²) in [6.45, 7) is 9.96. The molecule has 1 aliphatic rings. The maximum Gasteiger partial charge on any atom is 0.191 e. The van der Waals surface area contributed by atoms with Crippen LogP contribution in [-0.4, -0.2) is 46.3 Å². The number of rotatable bonds is 6. The van der Waals surface area contributed by atoms with Gasteiger partial charge in [-0.1, -0.05) is 6.07 Å². The molecule has 0 amide bonds. The van der Waals surface area contributed by atoms with E-state index in [0.29, 0.717) is 19.1 Å². The van der Waals surface area contributed by atoms with E-state index in [0.717, 1.165) is 61.0 Å². The van der Waals surface area contributed by atoms with Crippen LogP contribution in [0.15, 0.2) is 23.2 Å². The Balaban J connectivity index is 0.00000341. The molecule has 2 N–H and O–H groups in total. The monoisotopic (exact) mass is 546 g/mol. The molecular formula is C22H33F2IN6. The number of nitrogens with one attached hydrogen (secondary N) is 2. The van der Waals surface area contributed by atoms with Gasteiger partial charge in [0.25, 0.3) is 0 Å². The number of aromatic nitrogens is 2. The largest absolute Gasteiger partial charge is 0.357 e. The second-order valence-electron chi connectivity index (χ2n) is 7.91. The van der Waals surface area contributed by atoms with E-state index in [2.05, 4.69) is 34.5 Å². The molecule has 9 heteroatoms. The van der Waals surface area contributed by atoms with Crippen molar-refractivity contribution in [1.29, 1.82) is 0 Å². The lowest BCUT2D eigenvalue weighted by molar-refractivity contribution is 0.198. The number of likely N-dealkylation sites (tertiary alicyclic amines) is 1. The Morgan fingerprint density at radius 2 is 1.90 bits per heavy atom. The summed E-state index contributed by atoms with van der Waals surface area (Å²) in [7, 11) is 1.95. The van der Waals surface area contributed by atoms with Gasteiger partial charge >= 0.3 is 0 Å². The standard InChI is InChI=1S/C22H32F2N6.HI/c1-5-25-22(26-13-19-15(2)28-29(4)16(19)3)27-18-8-10-30(11-9-18)14-17-6-7-20(23)21(24)12-17;/h6-7,12,18H,5,8-11,13-14H2,1-4H3,(H2,25,26,27);1H. The third-order valence-electron chi connectivity index (χ3n) is 5.72. The number of guanidine groups is 1. The highest BCUT2D eigenvalue weighted by molar-refractivity contribution is 14.0. The first-order valence-corrected chi connectivity index (χ1v) is 10.6. The summed E-state index contributed by atoms with van der Waals surface area (Å²) in [6, 6.07) is 4.48. The summed E-state index contributed by atoms with van der Waals surface area (Å²) >= 11 is 0. The molecule has 0 saturated carbocycles. The van der Waals surface area contributed by atoms with E-state index in [1.165, 1.54) is 12.1 Å². The molecule has 1 aliphatic heterocycles. The summed E-state index contributed by atoms with van der Waals surface area (Å²) in [4.78, 5) is 7.04. The van der Waals surface area contributed by atoms with Gasteiger partial charge in [0.15, 0.2) is 17.6 Å². The van der Waals surface area contributed by atoms with Crippen molar-refractivity contribution < 1.29 is 8.78 Å². The molecule has 0 spiro atoms. The lowest BCUT2D eigenvalue weighted by Gasteiger charge is -2.33. The third-order valence-corrected chi connectivity index (χ3v) is 5.72. The summed E-state index contributed by atoms with van der Waals surface area (Å²) in [5, 5.41) is 11.3. The van der Waals surface area contributed by atoms with Crippen molar-refractivity contribution in [3.63, 3.8) is 0 Å². The van der Waals surface area contributed by atoms with E-state index in [4.69, 9.17) is 4.99 Å². The van der Waals surface area contributed by atoms with Crippen molar-refractivity contribution in [3.05, 3.63) is 52.3 Å². The van der Waals surface area contributed by atoms with Crippen LogP contribution in [0.5, 0.6) is 0 Å². The molecule has 2 aromatic rings. The Kier molecular flexibility index (Phi) is 9.67. The van der Waals surface area contributed by atoms with Crippen LogP contribution in [0.4, 0.5) is 8.78 Å². The Labute approximate surface area is 200 Å². The molecule has 31 heavy (non-hydrogen) atoms. The van der Waals surface area contributed by atoms with Crippen LogP contribution in [-0.2, 0) is 20.1 Å². The van der Waals surface area contributed by atoms with E-state index >= 15 is 0 Å². The third kappa shape index (κ3) is 6.86. The summed E-state index contributed by atoms with van der Waals surface area (Å²) in [5.41, 5.74) is 4.12. The molecule has 1 aromatic heterocycles. The van der Waals surface area contributed by atoms with Gasteiger partial charge in [-0.05, 0) is 51.3 Å². The highest BCUT2D eigenvalue weighted by Gasteiger charge is 2.20. The second kappa shape index (κ2) is 11.8. The number of aliphatic imine (C=N–C) groups is 1. The average molecular weight is 546 g/mol. The van der Waals surface area contributed by atoms with Gasteiger partial charge in [0, 0.05) is 50.5 Å². The van der Waals surface area contributed by atoms with Crippen LogP contribution in [0.3, 0.4) is 0 Å². The summed E-state index contributed by atoms with van der Waals surface area (Å²) in [5.74, 6) is -0.762. The summed E-state index contributed by atoms with van der Waals surface area (Å²) < 4.78 is 28.4. The fourth-order valence-corrected chi connectivity index (χ4v) is 3.85. The van der Waals surface area contributed by atoms with Gasteiger partial charge in [-0.2, -0.15) is 5.10 Å². The van der Waals surface area contributed by atoms with Crippen LogP contribution in [0.2, 0.25) is 0 Å². The molecule has 2 heterocycles. The molecule has 0 radical (unpaired) electrons. The van der Waals surface area contributed by atoms with Crippen molar-refractivity contribution in [3.8, 4) is 0 Å². The Bertz CT molecular complexity index is 890. The first-order valence-electron chi connectivity index (χ1n) is 10.6. The maximum atomic E-state index is 13.4. The van der Waals surface area contributed by atoms with Crippen molar-refractivity contribution in [2.24, 2.45) is 12.0 Å². The molecule has 1 fully saturated rings. The van der Waals surface area contributed by atoms with Gasteiger partial charge in [0.05, 0.1) is 12.2 Å². The number of hydrogen-bond acceptors (Lipinski definition) is 3. The number of hydrogen-bond donors (Lipinski definition) is 2. The van der Waals surface area contributed by atoms with Crippen molar-refractivity contribution in [1.82, 2.24) is 25.3 Å². The van der Waals surface area contributed by atoms with Crippen LogP contribution >= 0.6 is 24.0 Å². The van der Waals surface area contributed by atoms with E-state index in [-0.39, 0.29) is 24.0 Å². The normalized spacial score (nSPS) is 15.6. The fraction of sp³-hybridized carbons (Fsp3) is 0.545. The first kappa shape index (κ1) is 25.5. The minimum Gasteiger partial charge on any atom is -0.357 e. The van der Waals surface area contributed by atoms with Gasteiger partial charge < -0.3 is 10.6 Å². The van der Waals surface area contributed by atoms with Gasteiger partial charge in [0.2, 0.25) is 0 Å². The quantitative estimate of drug-likeness (QED) is 0.330. The zero-order chi connectivity index (χ0) is 21.7. The molecule has 172 valence electrons. The average Bonchev–Trinajstić information content (AvgIpc) is 2.96. The van der Waals surface area contributed by atoms with Crippen molar-refractivity contribution >= 4 is 29.9 Å². The maximum absolute atomic E-state index is 13.4. The zero-order valence-corrected chi connectivity index (χ0v) is 21.0. The van der Waals surface area contributed by atoms with Gasteiger partial charge in [-0.15, -0.1) is 24.0 Å². The highest BCUT2D eigenvalue weighted by atomic mass is 127. The Hall–Kier alpha value is -1.75. The molecular weight excluding hydrogens is 513 g/mol. The molecule has 3 rings (SSSR count). The van der Waals surface area contributed by atoms with Gasteiger partial charge in [-0.25, -0.2) is 13.8 Å². The molecule has 6 nitrogen and oxygen atoms in total. The minimum atomic E-state index is -0.798. The summed E-state index contributed by atoms with van der Waals surface area (Å²) in [6.07, 6.45) is 1.94. The van der Waals surface area contributed by atoms with E-state index in [1.807, 2.05) is 18.7 Å². The molecule has 0 bridgehead atoms. The van der Waals surface area contributed by atoms with Crippen molar-refractivity contribution in [2.45, 2.75) is 52.7 Å². The van der Waals surface area contributed by atoms with E-state index in [9.17, 15) is 8.78 Å². The number of halogens is 3. The molecule has 0 unspecified atom stereocenters. The number of nitrogens with zero attached hydrogens (tertiary/aromatic N) is 4. The molecule has 0 aliphatic carbocycles. The Morgan fingerprint density at radius 1 is 1.19 bits per heavy atom. The molecule has 1 aromatic carbocycles. The van der Waals surface area contributed by atoms with Crippen LogP contribution < -0.4 is 10.6 Å². The van der Waals surface area contributed by atoms with Crippen LogP contribution in [0.1, 0.15) is 42.3 Å². The minimum absolute atomic E-state index is 0. The lowest BCUT2D eigenvalue weighted by atomic mass is 10.0. The molecule has 0 atom stereocenters. The van der Waals surface area contributed by atoms with Crippen LogP contribution in [0, 0.1) is 25.5 Å². The Morgan fingerprint density at radius 3 is 2.48 bits per heavy atom. The number of aryl methyl sites for hydroxylation is 2. The van der Waals surface area contributed by atoms with Crippen molar-refractivity contribution in [2.75, 3.05) is 19.6 Å². The fourth-order valence-electron chi connectivity index (χ4n) is 3.85. The predicted octanol–water partition coefficient (Wildman–Crippen LogP) is 3.65. The van der Waals surface area contributed by atoms with E-state index in [1.54, 1.807) is 6.07 Å². The number of piperidine rings is 1. The number of benzene rings is 1. The van der Waals surface area contributed by atoms with Gasteiger partial charge in [-0.3, -0.25) is 9.58 Å². The SMILES string of the molecule is CCNC(=NCc1c(C)nn(C)c1C)NC1CCN(Cc2ccc(F)c(F)c2)CC1.I. The topological polar surface area (TPSA) is 57.5 Å².